The van der Waals surface area contributed by atoms with Crippen LogP contribution in [0.2, 0.25) is 0 Å². The van der Waals surface area contributed by atoms with Gasteiger partial charge in [-0.3, -0.25) is 0 Å². The lowest BCUT2D eigenvalue weighted by Gasteiger charge is -2.05. The van der Waals surface area contributed by atoms with E-state index in [4.69, 9.17) is 0 Å². The van der Waals surface area contributed by atoms with Gasteiger partial charge >= 0.3 is 0 Å². The first-order valence-corrected chi connectivity index (χ1v) is 3.96. The summed E-state index contributed by atoms with van der Waals surface area (Å²) >= 11 is 0. The Morgan fingerprint density at radius 2 is 2.22 bits per heavy atom. The second-order valence-corrected chi connectivity index (χ2v) is 3.17. The van der Waals surface area contributed by atoms with Crippen LogP contribution in [-0.2, 0) is 0 Å². The predicted octanol–water partition coefficient (Wildman–Crippen LogP) is 3.14. The summed E-state index contributed by atoms with van der Waals surface area (Å²) in [7, 11) is 0. The monoisotopic (exact) mass is 124 g/mol. The van der Waals surface area contributed by atoms with Gasteiger partial charge in [-0.15, -0.1) is 6.58 Å². The molecule has 0 saturated heterocycles. The SMILES string of the molecule is C=CC1(CCCC)CC1. The van der Waals surface area contributed by atoms with E-state index in [9.17, 15) is 0 Å². The van der Waals surface area contributed by atoms with Crippen LogP contribution in [0.1, 0.15) is 39.0 Å². The normalized spacial score (nSPS) is 21.4. The van der Waals surface area contributed by atoms with Gasteiger partial charge in [0.05, 0.1) is 0 Å². The highest BCUT2D eigenvalue weighted by Gasteiger charge is 2.37. The Morgan fingerprint density at radius 1 is 1.56 bits per heavy atom. The minimum Gasteiger partial charge on any atom is -0.103 e. The summed E-state index contributed by atoms with van der Waals surface area (Å²) in [6, 6.07) is 0. The molecule has 1 fully saturated rings. The molecule has 0 atom stereocenters. The molecule has 1 aliphatic rings. The lowest BCUT2D eigenvalue weighted by molar-refractivity contribution is 0.546. The smallest absolute Gasteiger partial charge is 0.0120 e. The van der Waals surface area contributed by atoms with Crippen LogP contribution in [0, 0.1) is 5.41 Å². The molecule has 0 amide bonds. The molecule has 0 aromatic heterocycles. The van der Waals surface area contributed by atoms with Crippen molar-refractivity contribution >= 4 is 0 Å². The van der Waals surface area contributed by atoms with Gasteiger partial charge in [-0.1, -0.05) is 25.8 Å². The molecule has 0 aromatic rings. The average Bonchev–Trinajstić information content (AvgIpc) is 2.65. The summed E-state index contributed by atoms with van der Waals surface area (Å²) in [5, 5.41) is 0. The van der Waals surface area contributed by atoms with Crippen molar-refractivity contribution in [2.45, 2.75) is 39.0 Å². The Kier molecular flexibility index (Phi) is 1.94. The highest BCUT2D eigenvalue weighted by molar-refractivity contribution is 5.05. The molecule has 0 aromatic carbocycles. The number of hydrogen-bond donors (Lipinski definition) is 0. The second-order valence-electron chi connectivity index (χ2n) is 3.17. The second kappa shape index (κ2) is 2.55. The first-order chi connectivity index (χ1) is 4.33. The van der Waals surface area contributed by atoms with Crippen LogP contribution in [0.4, 0.5) is 0 Å². The van der Waals surface area contributed by atoms with Gasteiger partial charge < -0.3 is 0 Å². The molecule has 1 aliphatic carbocycles. The van der Waals surface area contributed by atoms with Crippen molar-refractivity contribution in [3.63, 3.8) is 0 Å². The van der Waals surface area contributed by atoms with Gasteiger partial charge in [-0.25, -0.2) is 0 Å². The van der Waals surface area contributed by atoms with Crippen LogP contribution in [0.25, 0.3) is 0 Å². The van der Waals surface area contributed by atoms with Gasteiger partial charge in [0.1, 0.15) is 0 Å². The number of unbranched alkanes of at least 4 members (excludes halogenated alkanes) is 1. The zero-order valence-corrected chi connectivity index (χ0v) is 6.32. The Morgan fingerprint density at radius 3 is 2.56 bits per heavy atom. The molecular formula is C9H16. The lowest BCUT2D eigenvalue weighted by Crippen LogP contribution is -1.92. The molecule has 0 aliphatic heterocycles. The Bertz CT molecular complexity index is 98.6. The van der Waals surface area contributed by atoms with E-state index in [0.717, 1.165) is 0 Å². The zero-order valence-electron chi connectivity index (χ0n) is 6.32. The van der Waals surface area contributed by atoms with E-state index in [1.807, 2.05) is 0 Å². The van der Waals surface area contributed by atoms with Crippen LogP contribution < -0.4 is 0 Å². The summed E-state index contributed by atoms with van der Waals surface area (Å²) in [6.07, 6.45) is 9.05. The summed E-state index contributed by atoms with van der Waals surface area (Å²) in [5.41, 5.74) is 0.607. The first kappa shape index (κ1) is 6.85. The van der Waals surface area contributed by atoms with Gasteiger partial charge in [0.2, 0.25) is 0 Å². The van der Waals surface area contributed by atoms with E-state index in [1.54, 1.807) is 0 Å². The summed E-state index contributed by atoms with van der Waals surface area (Å²) < 4.78 is 0. The number of hydrogen-bond acceptors (Lipinski definition) is 0. The molecule has 0 N–H and O–H groups in total. The third kappa shape index (κ3) is 1.57. The number of rotatable bonds is 4. The van der Waals surface area contributed by atoms with Crippen molar-refractivity contribution in [1.29, 1.82) is 0 Å². The predicted molar refractivity (Wildman–Crippen MR) is 41.4 cm³/mol. The van der Waals surface area contributed by atoms with E-state index in [2.05, 4.69) is 19.6 Å². The van der Waals surface area contributed by atoms with E-state index in [-0.39, 0.29) is 0 Å². The standard InChI is InChI=1S/C9H16/c1-3-5-6-9(4-2)7-8-9/h4H,2-3,5-8H2,1H3. The largest absolute Gasteiger partial charge is 0.103 e. The van der Waals surface area contributed by atoms with Crippen LogP contribution in [-0.4, -0.2) is 0 Å². The van der Waals surface area contributed by atoms with Gasteiger partial charge in [0, 0.05) is 0 Å². The highest BCUT2D eigenvalue weighted by atomic mass is 14.4. The van der Waals surface area contributed by atoms with Gasteiger partial charge in [0.15, 0.2) is 0 Å². The first-order valence-electron chi connectivity index (χ1n) is 3.96. The van der Waals surface area contributed by atoms with Crippen LogP contribution in [0.15, 0.2) is 12.7 Å². The summed E-state index contributed by atoms with van der Waals surface area (Å²) in [5.74, 6) is 0. The third-order valence-corrected chi connectivity index (χ3v) is 2.35. The summed E-state index contributed by atoms with van der Waals surface area (Å²) in [4.78, 5) is 0. The maximum atomic E-state index is 3.85. The Labute approximate surface area is 58.0 Å². The van der Waals surface area contributed by atoms with Gasteiger partial charge in [-0.05, 0) is 24.7 Å². The van der Waals surface area contributed by atoms with E-state index in [0.29, 0.717) is 5.41 Å². The molecule has 0 heteroatoms. The fraction of sp³-hybridized carbons (Fsp3) is 0.778. The molecule has 0 radical (unpaired) electrons. The van der Waals surface area contributed by atoms with Gasteiger partial charge in [0.25, 0.3) is 0 Å². The van der Waals surface area contributed by atoms with Crippen molar-refractivity contribution in [3.05, 3.63) is 12.7 Å². The molecule has 0 bridgehead atoms. The van der Waals surface area contributed by atoms with Crippen LogP contribution in [0.5, 0.6) is 0 Å². The highest BCUT2D eigenvalue weighted by Crippen LogP contribution is 2.50. The van der Waals surface area contributed by atoms with Crippen molar-refractivity contribution in [1.82, 2.24) is 0 Å². The molecule has 9 heavy (non-hydrogen) atoms. The molecule has 0 nitrogen and oxygen atoms in total. The van der Waals surface area contributed by atoms with E-state index < -0.39 is 0 Å². The van der Waals surface area contributed by atoms with Crippen molar-refractivity contribution in [2.24, 2.45) is 5.41 Å². The van der Waals surface area contributed by atoms with E-state index in [1.165, 1.54) is 32.1 Å². The van der Waals surface area contributed by atoms with Crippen LogP contribution in [0.3, 0.4) is 0 Å². The minimum atomic E-state index is 0.607. The summed E-state index contributed by atoms with van der Waals surface area (Å²) in [6.45, 7) is 6.10. The maximum absolute atomic E-state index is 3.85. The third-order valence-electron chi connectivity index (χ3n) is 2.35. The van der Waals surface area contributed by atoms with E-state index >= 15 is 0 Å². The lowest BCUT2D eigenvalue weighted by atomic mass is 10.00. The molecule has 0 spiro atoms. The molecular weight excluding hydrogens is 108 g/mol. The van der Waals surface area contributed by atoms with Crippen molar-refractivity contribution in [2.75, 3.05) is 0 Å². The fourth-order valence-corrected chi connectivity index (χ4v) is 1.25. The Hall–Kier alpha value is -0.260. The van der Waals surface area contributed by atoms with Crippen LogP contribution >= 0.6 is 0 Å². The maximum Gasteiger partial charge on any atom is -0.0120 e. The fourth-order valence-electron chi connectivity index (χ4n) is 1.25. The zero-order chi connectivity index (χ0) is 6.74. The molecule has 1 rings (SSSR count). The van der Waals surface area contributed by atoms with Crippen molar-refractivity contribution < 1.29 is 0 Å². The van der Waals surface area contributed by atoms with Crippen molar-refractivity contribution in [3.8, 4) is 0 Å². The Balaban J connectivity index is 2.17. The van der Waals surface area contributed by atoms with Gasteiger partial charge in [-0.2, -0.15) is 0 Å². The topological polar surface area (TPSA) is 0 Å². The average molecular weight is 124 g/mol. The molecule has 1 saturated carbocycles. The molecule has 0 unspecified atom stereocenters. The molecule has 52 valence electrons. The molecule has 0 heterocycles. The number of allylic oxidation sites excluding steroid dienone is 1. The quantitative estimate of drug-likeness (QED) is 0.505. The minimum absolute atomic E-state index is 0.607.